The Hall–Kier alpha value is -4.98. The van der Waals surface area contributed by atoms with Gasteiger partial charge in [-0.05, 0) is 37.6 Å². The molecule has 0 spiro atoms. The quantitative estimate of drug-likeness (QED) is 0.0731. The van der Waals surface area contributed by atoms with Crippen molar-refractivity contribution in [2.75, 3.05) is 26.2 Å². The molecule has 0 aliphatic carbocycles. The van der Waals surface area contributed by atoms with Gasteiger partial charge in [-0.15, -0.1) is 11.8 Å². The van der Waals surface area contributed by atoms with Gasteiger partial charge in [-0.1, -0.05) is 30.3 Å². The minimum atomic E-state index is -1.64. The second-order valence-corrected chi connectivity index (χ2v) is 14.0. The summed E-state index contributed by atoms with van der Waals surface area (Å²) < 4.78 is 14.0. The van der Waals surface area contributed by atoms with E-state index in [4.69, 9.17) is 14.2 Å². The van der Waals surface area contributed by atoms with Gasteiger partial charge < -0.3 is 44.5 Å². The number of carboxylic acid groups (broad SMARTS) is 1. The summed E-state index contributed by atoms with van der Waals surface area (Å²) in [6, 6.07) is 6.16. The third kappa shape index (κ3) is 8.53. The van der Waals surface area contributed by atoms with Gasteiger partial charge in [0, 0.05) is 33.5 Å². The molecular weight excluding hydrogens is 741 g/mol. The van der Waals surface area contributed by atoms with Crippen molar-refractivity contribution in [2.45, 2.75) is 55.9 Å². The number of imide groups is 1. The van der Waals surface area contributed by atoms with Crippen molar-refractivity contribution < 1.29 is 92.0 Å². The maximum atomic E-state index is 13.7. The molecule has 3 heterocycles. The molecule has 3 aliphatic rings. The number of thioether (sulfide) groups is 1. The fourth-order valence-electron chi connectivity index (χ4n) is 6.08. The summed E-state index contributed by atoms with van der Waals surface area (Å²) in [6.07, 6.45) is 0. The number of carboxylic acids is 1. The number of carbonyl (C=O) groups excluding carboxylic acids is 9. The zero-order valence-corrected chi connectivity index (χ0v) is 32.6. The topological polar surface area (TPSA) is 238 Å². The van der Waals surface area contributed by atoms with Crippen LogP contribution in [0.4, 0.5) is 4.79 Å². The summed E-state index contributed by atoms with van der Waals surface area (Å²) in [6.45, 7) is 5.06. The summed E-state index contributed by atoms with van der Waals surface area (Å²) in [7, 11) is 0. The van der Waals surface area contributed by atoms with Crippen LogP contribution in [0.1, 0.15) is 49.7 Å². The number of fused-ring (bicyclic) bond motifs is 1. The first kappa shape index (κ1) is 41.8. The second kappa shape index (κ2) is 17.0. The SMILES string of the molecule is CCN1CCN(C(=O)NC(C(=O)NC2C(=O)N3C2SC(C)(COC(=O)c2ccc(OC(C)=O)c(OC(C)=O)c2)C3C(=O)[O-])c2ccccc2)C(=O)C1=O.[Na+]. The Balaban J connectivity index is 0.00000650. The van der Waals surface area contributed by atoms with Crippen molar-refractivity contribution in [3.8, 4) is 11.5 Å². The summed E-state index contributed by atoms with van der Waals surface area (Å²) in [4.78, 5) is 117. The summed E-state index contributed by atoms with van der Waals surface area (Å²) >= 11 is 0.941. The predicted octanol–water partition coefficient (Wildman–Crippen LogP) is -3.88. The van der Waals surface area contributed by atoms with E-state index in [9.17, 15) is 48.3 Å². The number of aliphatic carboxylic acids is 1. The molecule has 3 saturated heterocycles. The molecule has 0 aromatic heterocycles. The van der Waals surface area contributed by atoms with Gasteiger partial charge in [0.2, 0.25) is 11.8 Å². The van der Waals surface area contributed by atoms with E-state index in [1.165, 1.54) is 36.1 Å². The van der Waals surface area contributed by atoms with Gasteiger partial charge >= 0.3 is 65.3 Å². The van der Waals surface area contributed by atoms with Crippen LogP contribution >= 0.6 is 11.8 Å². The van der Waals surface area contributed by atoms with Gasteiger partial charge in [0.1, 0.15) is 24.1 Å². The predicted molar refractivity (Wildman–Crippen MR) is 178 cm³/mol. The summed E-state index contributed by atoms with van der Waals surface area (Å²) in [5.74, 6) is -8.02. The van der Waals surface area contributed by atoms with Gasteiger partial charge in [0.25, 0.3) is 0 Å². The number of β-lactam (4-membered cyclic amide) rings is 1. The smallest absolute Gasteiger partial charge is 0.548 e. The Morgan fingerprint density at radius 1 is 0.944 bits per heavy atom. The number of benzene rings is 2. The molecule has 18 nitrogen and oxygen atoms in total. The van der Waals surface area contributed by atoms with Gasteiger partial charge in [0.15, 0.2) is 11.5 Å². The molecule has 5 atom stereocenters. The fourth-order valence-corrected chi connectivity index (χ4v) is 7.76. The Morgan fingerprint density at radius 3 is 2.20 bits per heavy atom. The Kier molecular flexibility index (Phi) is 13.2. The van der Waals surface area contributed by atoms with Crippen LogP contribution in [-0.4, -0.2) is 117 Å². The van der Waals surface area contributed by atoms with Crippen LogP contribution in [0.25, 0.3) is 0 Å². The van der Waals surface area contributed by atoms with E-state index >= 15 is 0 Å². The largest absolute Gasteiger partial charge is 1.00 e. The van der Waals surface area contributed by atoms with Crippen LogP contribution in [0.3, 0.4) is 0 Å². The van der Waals surface area contributed by atoms with E-state index in [0.717, 1.165) is 36.6 Å². The number of hydrogen-bond acceptors (Lipinski definition) is 14. The zero-order chi connectivity index (χ0) is 38.8. The van der Waals surface area contributed by atoms with E-state index in [2.05, 4.69) is 10.6 Å². The number of esters is 3. The summed E-state index contributed by atoms with van der Waals surface area (Å²) in [5, 5.41) is 16.5. The number of piperazine rings is 1. The van der Waals surface area contributed by atoms with Crippen LogP contribution in [0.2, 0.25) is 0 Å². The van der Waals surface area contributed by atoms with E-state index in [-0.39, 0.29) is 71.8 Å². The summed E-state index contributed by atoms with van der Waals surface area (Å²) in [5.41, 5.74) is 0.152. The number of urea groups is 1. The molecule has 280 valence electrons. The molecule has 54 heavy (non-hydrogen) atoms. The molecule has 0 saturated carbocycles. The fraction of sp³-hybridized carbons (Fsp3) is 0.382. The molecule has 5 rings (SSSR count). The molecule has 20 heteroatoms. The van der Waals surface area contributed by atoms with Gasteiger partial charge in [-0.3, -0.25) is 33.7 Å². The Labute approximate surface area is 334 Å². The van der Waals surface area contributed by atoms with Crippen molar-refractivity contribution in [3.63, 3.8) is 0 Å². The van der Waals surface area contributed by atoms with E-state index < -0.39 is 88.4 Å². The standard InChI is InChI=1S/C34H35N5O13S.Na/c1-5-37-13-14-38(29(45)28(37)44)33(49)36-23(19-9-7-6-8-10-19)26(42)35-24-27(43)39-25(31(46)47)34(4,53-30(24)39)16-50-32(48)20-11-12-21(51-17(2)40)22(15-20)52-18(3)41;/h6-12,15,23-25,30H,5,13-14,16H2,1-4H3,(H,35,42)(H,36,49)(H,46,47);/q;+1/p-1. The van der Waals surface area contributed by atoms with Crippen LogP contribution in [0.5, 0.6) is 11.5 Å². The molecule has 6 amide bonds. The molecule has 2 N–H and O–H groups in total. The molecule has 0 radical (unpaired) electrons. The first-order chi connectivity index (χ1) is 25.1. The number of nitrogens with zero attached hydrogens (tertiary/aromatic N) is 3. The first-order valence-corrected chi connectivity index (χ1v) is 17.1. The maximum Gasteiger partial charge on any atom is 1.00 e. The van der Waals surface area contributed by atoms with Crippen molar-refractivity contribution >= 4 is 65.3 Å². The van der Waals surface area contributed by atoms with Crippen molar-refractivity contribution in [2.24, 2.45) is 0 Å². The van der Waals surface area contributed by atoms with Crippen molar-refractivity contribution in [1.82, 2.24) is 25.3 Å². The number of likely N-dealkylation sites (N-methyl/N-ethyl adjacent to an activating group) is 1. The second-order valence-electron chi connectivity index (χ2n) is 12.3. The van der Waals surface area contributed by atoms with E-state index in [1.54, 1.807) is 25.1 Å². The number of nitrogens with one attached hydrogen (secondary N) is 2. The minimum absolute atomic E-state index is 0. The average Bonchev–Trinajstić information content (AvgIpc) is 3.39. The molecule has 3 aliphatic heterocycles. The third-order valence-corrected chi connectivity index (χ3v) is 10.2. The number of amides is 6. The molecular formula is C34H34N5NaO13S. The Morgan fingerprint density at radius 2 is 1.59 bits per heavy atom. The van der Waals surface area contributed by atoms with E-state index in [1.807, 2.05) is 0 Å². The number of carbonyl (C=O) groups is 9. The third-order valence-electron chi connectivity index (χ3n) is 8.62. The Bertz CT molecular complexity index is 1900. The van der Waals surface area contributed by atoms with Crippen LogP contribution in [-0.2, 0) is 38.3 Å². The molecule has 3 fully saturated rings. The maximum absolute atomic E-state index is 13.7. The van der Waals surface area contributed by atoms with Gasteiger partial charge in [-0.2, -0.15) is 0 Å². The first-order valence-electron chi connectivity index (χ1n) is 16.2. The minimum Gasteiger partial charge on any atom is -0.548 e. The molecule has 2 aromatic rings. The number of rotatable bonds is 11. The van der Waals surface area contributed by atoms with Crippen LogP contribution in [0, 0.1) is 0 Å². The normalized spacial score (nSPS) is 22.2. The molecule has 0 bridgehead atoms. The zero-order valence-electron chi connectivity index (χ0n) is 29.8. The van der Waals surface area contributed by atoms with Crippen molar-refractivity contribution in [1.29, 1.82) is 0 Å². The monoisotopic (exact) mass is 775 g/mol. The van der Waals surface area contributed by atoms with Crippen LogP contribution < -0.4 is 54.8 Å². The number of ether oxygens (including phenoxy) is 3. The van der Waals surface area contributed by atoms with Crippen LogP contribution in [0.15, 0.2) is 48.5 Å². The number of hydrogen-bond donors (Lipinski definition) is 2. The van der Waals surface area contributed by atoms with Gasteiger partial charge in [-0.25, -0.2) is 9.59 Å². The molecule has 5 unspecified atom stereocenters. The van der Waals surface area contributed by atoms with E-state index in [0.29, 0.717) is 4.90 Å². The van der Waals surface area contributed by atoms with Crippen molar-refractivity contribution in [3.05, 3.63) is 59.7 Å². The molecule has 2 aromatic carbocycles. The average molecular weight is 776 g/mol. The van der Waals surface area contributed by atoms with Gasteiger partial charge in [0.05, 0.1) is 22.3 Å².